The maximum Gasteiger partial charge on any atom is 0.318 e. The summed E-state index contributed by atoms with van der Waals surface area (Å²) in [4.78, 5) is 33.6. The normalized spacial score (nSPS) is 10.8. The van der Waals surface area contributed by atoms with Crippen molar-refractivity contribution in [1.82, 2.24) is 0 Å². The minimum atomic E-state index is -0.804. The first-order valence-corrected chi connectivity index (χ1v) is 11.1. The number of rotatable bonds is 9. The molecule has 3 aromatic carbocycles. The Kier molecular flexibility index (Phi) is 8.32. The molecule has 0 heterocycles. The van der Waals surface area contributed by atoms with E-state index in [2.05, 4.69) is 21.2 Å². The van der Waals surface area contributed by atoms with Crippen LogP contribution in [0, 0.1) is 31.6 Å². The summed E-state index contributed by atoms with van der Waals surface area (Å²) < 4.78 is 11.6. The largest absolute Gasteiger partial charge is 0.494 e. The monoisotopic (exact) mass is 552 g/mol. The maximum absolute atomic E-state index is 12.7. The van der Waals surface area contributed by atoms with Crippen molar-refractivity contribution in [2.75, 3.05) is 11.9 Å². The number of amides is 1. The van der Waals surface area contributed by atoms with E-state index in [-0.39, 0.29) is 22.6 Å². The van der Waals surface area contributed by atoms with Gasteiger partial charge in [-0.2, -0.15) is 5.26 Å². The molecule has 0 spiro atoms. The molecule has 0 aliphatic carbocycles. The van der Waals surface area contributed by atoms with E-state index in [4.69, 9.17) is 9.47 Å². The van der Waals surface area contributed by atoms with Crippen molar-refractivity contribution < 1.29 is 24.1 Å². The molecular formula is C24H17BrN4O7. The lowest BCUT2D eigenvalue weighted by Crippen LogP contribution is -2.13. The van der Waals surface area contributed by atoms with Crippen LogP contribution in [0.5, 0.6) is 17.2 Å². The van der Waals surface area contributed by atoms with Gasteiger partial charge in [0.05, 0.1) is 22.5 Å². The van der Waals surface area contributed by atoms with Gasteiger partial charge in [-0.15, -0.1) is 0 Å². The van der Waals surface area contributed by atoms with Gasteiger partial charge in [0.2, 0.25) is 5.75 Å². The van der Waals surface area contributed by atoms with Crippen molar-refractivity contribution in [3.05, 3.63) is 96.5 Å². The molecule has 1 N–H and O–H groups in total. The fourth-order valence-corrected chi connectivity index (χ4v) is 3.37. The van der Waals surface area contributed by atoms with Gasteiger partial charge >= 0.3 is 5.69 Å². The highest BCUT2D eigenvalue weighted by atomic mass is 79.9. The van der Waals surface area contributed by atoms with Crippen LogP contribution in [0.1, 0.15) is 12.5 Å². The zero-order valence-corrected chi connectivity index (χ0v) is 20.2. The lowest BCUT2D eigenvalue weighted by atomic mass is 10.1. The number of nitro groups is 2. The number of hydrogen-bond acceptors (Lipinski definition) is 8. The van der Waals surface area contributed by atoms with Gasteiger partial charge in [-0.1, -0.05) is 15.9 Å². The van der Waals surface area contributed by atoms with Crippen molar-refractivity contribution in [1.29, 1.82) is 5.26 Å². The molecule has 3 aromatic rings. The third-order valence-corrected chi connectivity index (χ3v) is 5.12. The fraction of sp³-hybridized carbons (Fsp3) is 0.0833. The molecule has 0 aliphatic heterocycles. The van der Waals surface area contributed by atoms with Gasteiger partial charge in [0.1, 0.15) is 23.1 Å². The molecule has 36 heavy (non-hydrogen) atoms. The number of benzene rings is 3. The molecule has 182 valence electrons. The molecule has 11 nitrogen and oxygen atoms in total. The maximum atomic E-state index is 12.7. The lowest BCUT2D eigenvalue weighted by Gasteiger charge is -2.11. The van der Waals surface area contributed by atoms with Crippen LogP contribution in [0.4, 0.5) is 17.1 Å². The van der Waals surface area contributed by atoms with Crippen LogP contribution in [0.15, 0.2) is 70.7 Å². The number of halogens is 1. The number of nitro benzene ring substituents is 2. The summed E-state index contributed by atoms with van der Waals surface area (Å²) in [5.74, 6) is -0.228. The Morgan fingerprint density at radius 3 is 2.36 bits per heavy atom. The summed E-state index contributed by atoms with van der Waals surface area (Å²) in [6, 6.07) is 16.0. The number of nitrogens with one attached hydrogen (secondary N) is 1. The molecule has 12 heteroatoms. The molecular weight excluding hydrogens is 536 g/mol. The molecule has 0 saturated heterocycles. The smallest absolute Gasteiger partial charge is 0.318 e. The second kappa shape index (κ2) is 11.6. The van der Waals surface area contributed by atoms with E-state index in [0.29, 0.717) is 22.5 Å². The van der Waals surface area contributed by atoms with E-state index in [1.54, 1.807) is 36.4 Å². The van der Waals surface area contributed by atoms with Crippen molar-refractivity contribution in [2.45, 2.75) is 6.92 Å². The molecule has 0 radical (unpaired) electrons. The van der Waals surface area contributed by atoms with E-state index in [1.165, 1.54) is 12.1 Å². The summed E-state index contributed by atoms with van der Waals surface area (Å²) in [5.41, 5.74) is -0.643. The third-order valence-electron chi connectivity index (χ3n) is 4.63. The molecule has 0 aliphatic rings. The van der Waals surface area contributed by atoms with Crippen molar-refractivity contribution in [2.24, 2.45) is 0 Å². The van der Waals surface area contributed by atoms with Crippen LogP contribution in [0.3, 0.4) is 0 Å². The zero-order valence-electron chi connectivity index (χ0n) is 18.6. The number of anilines is 1. The van der Waals surface area contributed by atoms with Gasteiger partial charge < -0.3 is 14.8 Å². The highest BCUT2D eigenvalue weighted by Crippen LogP contribution is 2.37. The van der Waals surface area contributed by atoms with E-state index < -0.39 is 27.1 Å². The van der Waals surface area contributed by atoms with Gasteiger partial charge in [0.15, 0.2) is 0 Å². The lowest BCUT2D eigenvalue weighted by molar-refractivity contribution is -0.394. The summed E-state index contributed by atoms with van der Waals surface area (Å²) >= 11 is 3.30. The molecule has 1 amide bonds. The first-order chi connectivity index (χ1) is 17.2. The fourth-order valence-electron chi connectivity index (χ4n) is 3.00. The molecule has 0 aromatic heterocycles. The quantitative estimate of drug-likeness (QED) is 0.146. The summed E-state index contributed by atoms with van der Waals surface area (Å²) in [6.45, 7) is 2.34. The van der Waals surface area contributed by atoms with Crippen LogP contribution < -0.4 is 14.8 Å². The Bertz CT molecular complexity index is 1400. The van der Waals surface area contributed by atoms with E-state index in [0.717, 1.165) is 18.2 Å². The highest BCUT2D eigenvalue weighted by molar-refractivity contribution is 9.10. The first-order valence-electron chi connectivity index (χ1n) is 10.3. The second-order valence-corrected chi connectivity index (χ2v) is 7.95. The second-order valence-electron chi connectivity index (χ2n) is 7.03. The Labute approximate surface area is 213 Å². The minimum absolute atomic E-state index is 0.0803. The van der Waals surface area contributed by atoms with Crippen LogP contribution >= 0.6 is 15.9 Å². The van der Waals surface area contributed by atoms with Gasteiger partial charge in [-0.25, -0.2) is 0 Å². The van der Waals surface area contributed by atoms with Crippen LogP contribution in [0.2, 0.25) is 0 Å². The van der Waals surface area contributed by atoms with E-state index >= 15 is 0 Å². The predicted molar refractivity (Wildman–Crippen MR) is 134 cm³/mol. The topological polar surface area (TPSA) is 158 Å². The molecule has 0 unspecified atom stereocenters. The Balaban J connectivity index is 1.92. The zero-order chi connectivity index (χ0) is 26.2. The number of carbonyl (C=O) groups is 1. The Morgan fingerprint density at radius 2 is 1.75 bits per heavy atom. The van der Waals surface area contributed by atoms with Gasteiger partial charge in [0, 0.05) is 21.8 Å². The number of hydrogen-bond donors (Lipinski definition) is 1. The highest BCUT2D eigenvalue weighted by Gasteiger charge is 2.22. The van der Waals surface area contributed by atoms with Crippen LogP contribution in [-0.4, -0.2) is 22.4 Å². The third kappa shape index (κ3) is 6.43. The summed E-state index contributed by atoms with van der Waals surface area (Å²) in [7, 11) is 0. The summed E-state index contributed by atoms with van der Waals surface area (Å²) in [6.07, 6.45) is 1.27. The average molecular weight is 553 g/mol. The molecule has 0 saturated carbocycles. The number of non-ortho nitro benzene ring substituents is 1. The summed E-state index contributed by atoms with van der Waals surface area (Å²) in [5, 5.41) is 34.6. The van der Waals surface area contributed by atoms with Crippen molar-refractivity contribution in [3.8, 4) is 23.3 Å². The number of nitrogens with zero attached hydrogens (tertiary/aromatic N) is 3. The standard InChI is InChI=1S/C24H17BrN4O7/c1-2-35-20-7-4-18(5-8-20)27-24(30)16(14-26)11-15-12-17(25)3-9-22(15)36-23-10-6-19(28(31)32)13-21(23)29(33)34/h3-13H,2H2,1H3,(H,27,30)/b16-11+. The average Bonchev–Trinajstić information content (AvgIpc) is 2.85. The SMILES string of the molecule is CCOc1ccc(NC(=O)/C(C#N)=C/c2cc(Br)ccc2Oc2ccc([N+](=O)[O-])cc2[N+](=O)[O-])cc1. The minimum Gasteiger partial charge on any atom is -0.494 e. The number of carbonyl (C=O) groups excluding carboxylic acids is 1. The molecule has 0 atom stereocenters. The van der Waals surface area contributed by atoms with Crippen molar-refractivity contribution in [3.63, 3.8) is 0 Å². The number of nitriles is 1. The van der Waals surface area contributed by atoms with Crippen molar-refractivity contribution >= 4 is 45.0 Å². The van der Waals surface area contributed by atoms with E-state index in [9.17, 15) is 30.3 Å². The number of ether oxygens (including phenoxy) is 2. The Hall–Kier alpha value is -4.76. The first kappa shape index (κ1) is 25.9. The van der Waals surface area contributed by atoms with Gasteiger partial charge in [-0.05, 0) is 61.5 Å². The van der Waals surface area contributed by atoms with Gasteiger partial charge in [-0.3, -0.25) is 25.0 Å². The molecule has 0 bridgehead atoms. The Morgan fingerprint density at radius 1 is 1.06 bits per heavy atom. The van der Waals surface area contributed by atoms with E-state index in [1.807, 2.05) is 13.0 Å². The van der Waals surface area contributed by atoms with Crippen LogP contribution in [0.25, 0.3) is 6.08 Å². The molecule has 0 fully saturated rings. The molecule has 3 rings (SSSR count). The predicted octanol–water partition coefficient (Wildman–Crippen LogP) is 6.00. The van der Waals surface area contributed by atoms with Gasteiger partial charge in [0.25, 0.3) is 11.6 Å². The van der Waals surface area contributed by atoms with Crippen LogP contribution in [-0.2, 0) is 4.79 Å².